The summed E-state index contributed by atoms with van der Waals surface area (Å²) < 4.78 is 0. The fourth-order valence-corrected chi connectivity index (χ4v) is 3.44. The molecular weight excluding hydrogens is 324 g/mol. The normalized spacial score (nSPS) is 19.3. The SMILES string of the molecule is CC1=CS/C(=C(/N)c2ccnc(NCCCN3CCCC3=O)n2)N1. The van der Waals surface area contributed by atoms with Crippen LogP contribution in [0.4, 0.5) is 5.95 Å². The van der Waals surface area contributed by atoms with Crippen LogP contribution in [-0.4, -0.2) is 40.4 Å². The fraction of sp³-hybridized carbons (Fsp3) is 0.438. The molecule has 0 aromatic carbocycles. The first-order chi connectivity index (χ1) is 11.6. The van der Waals surface area contributed by atoms with E-state index >= 15 is 0 Å². The van der Waals surface area contributed by atoms with Gasteiger partial charge in [0.25, 0.3) is 0 Å². The lowest BCUT2D eigenvalue weighted by Gasteiger charge is -2.15. The van der Waals surface area contributed by atoms with E-state index in [4.69, 9.17) is 5.73 Å². The van der Waals surface area contributed by atoms with E-state index < -0.39 is 0 Å². The molecule has 1 amide bonds. The summed E-state index contributed by atoms with van der Waals surface area (Å²) in [6, 6.07) is 1.80. The van der Waals surface area contributed by atoms with Crippen LogP contribution in [0.3, 0.4) is 0 Å². The number of aromatic nitrogens is 2. The Hall–Kier alpha value is -2.22. The second kappa shape index (κ2) is 7.57. The molecule has 4 N–H and O–H groups in total. The van der Waals surface area contributed by atoms with Crippen LogP contribution in [0.15, 0.2) is 28.4 Å². The Kier molecular flexibility index (Phi) is 5.24. The van der Waals surface area contributed by atoms with E-state index in [0.717, 1.165) is 43.2 Å². The third kappa shape index (κ3) is 4.00. The minimum atomic E-state index is 0.262. The molecule has 2 aliphatic rings. The minimum Gasteiger partial charge on any atom is -0.395 e. The molecule has 0 spiro atoms. The van der Waals surface area contributed by atoms with Gasteiger partial charge in [-0.05, 0) is 31.2 Å². The minimum absolute atomic E-state index is 0.262. The van der Waals surface area contributed by atoms with Crippen LogP contribution in [0.25, 0.3) is 5.70 Å². The average molecular weight is 346 g/mol. The highest BCUT2D eigenvalue weighted by Gasteiger charge is 2.19. The van der Waals surface area contributed by atoms with Gasteiger partial charge in [0, 0.05) is 37.9 Å². The van der Waals surface area contributed by atoms with Crippen LogP contribution in [0.5, 0.6) is 0 Å². The molecule has 0 saturated carbocycles. The second-order valence-electron chi connectivity index (χ2n) is 5.82. The number of carbonyl (C=O) groups excluding carboxylic acids is 1. The number of likely N-dealkylation sites (tertiary alicyclic amines) is 1. The monoisotopic (exact) mass is 346 g/mol. The summed E-state index contributed by atoms with van der Waals surface area (Å²) in [5.41, 5.74) is 8.56. The quantitative estimate of drug-likeness (QED) is 0.674. The van der Waals surface area contributed by atoms with Crippen molar-refractivity contribution in [1.82, 2.24) is 20.2 Å². The number of allylic oxidation sites excluding steroid dienone is 1. The third-order valence-electron chi connectivity index (χ3n) is 3.90. The molecule has 0 atom stereocenters. The van der Waals surface area contributed by atoms with E-state index in [0.29, 0.717) is 23.8 Å². The lowest BCUT2D eigenvalue weighted by molar-refractivity contribution is -0.127. The molecule has 1 aromatic heterocycles. The fourth-order valence-electron chi connectivity index (χ4n) is 2.64. The van der Waals surface area contributed by atoms with Crippen molar-refractivity contribution in [2.24, 2.45) is 5.73 Å². The van der Waals surface area contributed by atoms with Gasteiger partial charge in [-0.25, -0.2) is 9.97 Å². The molecule has 1 aromatic rings. The van der Waals surface area contributed by atoms with E-state index in [1.54, 1.807) is 24.0 Å². The Balaban J connectivity index is 1.53. The summed E-state index contributed by atoms with van der Waals surface area (Å²) >= 11 is 1.56. The number of thioether (sulfide) groups is 1. The molecule has 0 radical (unpaired) electrons. The summed E-state index contributed by atoms with van der Waals surface area (Å²) in [4.78, 5) is 22.2. The second-order valence-corrected chi connectivity index (χ2v) is 6.70. The smallest absolute Gasteiger partial charge is 0.223 e. The van der Waals surface area contributed by atoms with E-state index in [-0.39, 0.29) is 5.91 Å². The molecule has 1 fully saturated rings. The zero-order valence-electron chi connectivity index (χ0n) is 13.7. The van der Waals surface area contributed by atoms with Gasteiger partial charge >= 0.3 is 0 Å². The molecule has 7 nitrogen and oxygen atoms in total. The first kappa shape index (κ1) is 16.6. The predicted octanol–water partition coefficient (Wildman–Crippen LogP) is 1.68. The molecule has 3 heterocycles. The molecular formula is C16H22N6OS. The number of hydrogen-bond acceptors (Lipinski definition) is 7. The van der Waals surface area contributed by atoms with Crippen LogP contribution in [0.1, 0.15) is 31.9 Å². The number of carbonyl (C=O) groups is 1. The van der Waals surface area contributed by atoms with Crippen molar-refractivity contribution < 1.29 is 4.79 Å². The number of amides is 1. The van der Waals surface area contributed by atoms with Gasteiger partial charge in [0.2, 0.25) is 11.9 Å². The van der Waals surface area contributed by atoms with Crippen molar-refractivity contribution in [1.29, 1.82) is 0 Å². The van der Waals surface area contributed by atoms with Gasteiger partial charge in [-0.15, -0.1) is 0 Å². The molecule has 0 bridgehead atoms. The Labute approximate surface area is 145 Å². The number of nitrogens with one attached hydrogen (secondary N) is 2. The first-order valence-corrected chi connectivity index (χ1v) is 8.97. The van der Waals surface area contributed by atoms with Crippen LogP contribution in [-0.2, 0) is 4.79 Å². The Morgan fingerprint density at radius 3 is 3.12 bits per heavy atom. The van der Waals surface area contributed by atoms with Crippen molar-refractivity contribution in [2.75, 3.05) is 25.0 Å². The van der Waals surface area contributed by atoms with Gasteiger partial charge in [0.15, 0.2) is 0 Å². The Morgan fingerprint density at radius 2 is 2.42 bits per heavy atom. The summed E-state index contributed by atoms with van der Waals surface area (Å²) in [7, 11) is 0. The maximum Gasteiger partial charge on any atom is 0.223 e. The Morgan fingerprint density at radius 1 is 1.54 bits per heavy atom. The maximum atomic E-state index is 11.6. The largest absolute Gasteiger partial charge is 0.395 e. The molecule has 2 aliphatic heterocycles. The van der Waals surface area contributed by atoms with E-state index in [1.165, 1.54) is 0 Å². The molecule has 8 heteroatoms. The highest BCUT2D eigenvalue weighted by Crippen LogP contribution is 2.28. The molecule has 3 rings (SSSR count). The van der Waals surface area contributed by atoms with Crippen LogP contribution >= 0.6 is 11.8 Å². The van der Waals surface area contributed by atoms with Gasteiger partial charge in [0.05, 0.1) is 11.4 Å². The van der Waals surface area contributed by atoms with Crippen molar-refractivity contribution in [3.05, 3.63) is 34.1 Å². The average Bonchev–Trinajstić information content (AvgIpc) is 3.20. The molecule has 0 unspecified atom stereocenters. The van der Waals surface area contributed by atoms with Crippen LogP contribution in [0, 0.1) is 0 Å². The van der Waals surface area contributed by atoms with E-state index in [2.05, 4.69) is 20.6 Å². The highest BCUT2D eigenvalue weighted by molar-refractivity contribution is 8.06. The van der Waals surface area contributed by atoms with Gasteiger partial charge in [-0.2, -0.15) is 0 Å². The Bertz CT molecular complexity index is 687. The van der Waals surface area contributed by atoms with Crippen molar-refractivity contribution in [3.63, 3.8) is 0 Å². The molecule has 24 heavy (non-hydrogen) atoms. The third-order valence-corrected chi connectivity index (χ3v) is 4.93. The summed E-state index contributed by atoms with van der Waals surface area (Å²) in [6.07, 6.45) is 4.23. The van der Waals surface area contributed by atoms with Crippen molar-refractivity contribution >= 4 is 29.3 Å². The van der Waals surface area contributed by atoms with Crippen LogP contribution < -0.4 is 16.4 Å². The summed E-state index contributed by atoms with van der Waals surface area (Å²) in [5.74, 6) is 0.814. The number of nitrogens with zero attached hydrogens (tertiary/aromatic N) is 3. The lowest BCUT2D eigenvalue weighted by Crippen LogP contribution is -2.27. The zero-order chi connectivity index (χ0) is 16.9. The lowest BCUT2D eigenvalue weighted by atomic mass is 10.3. The number of hydrogen-bond donors (Lipinski definition) is 3. The van der Waals surface area contributed by atoms with E-state index in [9.17, 15) is 4.79 Å². The first-order valence-electron chi connectivity index (χ1n) is 8.09. The van der Waals surface area contributed by atoms with Gasteiger partial charge in [-0.3, -0.25) is 4.79 Å². The molecule has 128 valence electrons. The predicted molar refractivity (Wildman–Crippen MR) is 96.5 cm³/mol. The molecule has 1 saturated heterocycles. The topological polar surface area (TPSA) is 96.2 Å². The molecule has 0 aliphatic carbocycles. The maximum absolute atomic E-state index is 11.6. The number of anilines is 1. The number of nitrogens with two attached hydrogens (primary N) is 1. The van der Waals surface area contributed by atoms with Crippen LogP contribution in [0.2, 0.25) is 0 Å². The number of rotatable bonds is 6. The highest BCUT2D eigenvalue weighted by atomic mass is 32.2. The van der Waals surface area contributed by atoms with Crippen molar-refractivity contribution in [3.8, 4) is 0 Å². The summed E-state index contributed by atoms with van der Waals surface area (Å²) in [6.45, 7) is 4.37. The van der Waals surface area contributed by atoms with Gasteiger partial charge in [-0.1, -0.05) is 11.8 Å². The standard InChI is InChI=1S/C16H22N6OS/c1-11-10-24-15(20-11)14(17)12-5-7-19-16(21-12)18-6-3-9-22-8-2-4-13(22)23/h5,7,10,20H,2-4,6,8-9,17H2,1H3,(H,18,19,21)/b15-14+. The van der Waals surface area contributed by atoms with Gasteiger partial charge in [0.1, 0.15) is 5.03 Å². The van der Waals surface area contributed by atoms with Gasteiger partial charge < -0.3 is 21.3 Å². The van der Waals surface area contributed by atoms with Crippen molar-refractivity contribution in [2.45, 2.75) is 26.2 Å². The zero-order valence-corrected chi connectivity index (χ0v) is 14.5. The van der Waals surface area contributed by atoms with E-state index in [1.807, 2.05) is 17.2 Å². The summed E-state index contributed by atoms with van der Waals surface area (Å²) in [5, 5.41) is 9.33.